The van der Waals surface area contributed by atoms with Crippen molar-refractivity contribution in [2.24, 2.45) is 0 Å². The molecule has 0 bridgehead atoms. The molecular weight excluding hydrogens is 537 g/mol. The number of halogens is 1. The molecule has 3 aromatic carbocycles. The first-order chi connectivity index (χ1) is 20.5. The molecule has 0 amide bonds. The number of carbonyl (C=O) groups is 1. The van der Waals surface area contributed by atoms with Crippen molar-refractivity contribution in [1.29, 1.82) is 0 Å². The van der Waals surface area contributed by atoms with Gasteiger partial charge in [0.1, 0.15) is 23.8 Å². The SMILES string of the molecule is COCCn1c(Cc2ccc(-c3cccc(OCc4cccc5ccoc45)n3)cc2F)nc2ccc(C(=O)OC)cc21. The average Bonchev–Trinajstić information content (AvgIpc) is 3.64. The number of ether oxygens (including phenoxy) is 3. The number of hydrogen-bond acceptors (Lipinski definition) is 7. The highest BCUT2D eigenvalue weighted by atomic mass is 19.1. The molecule has 0 fully saturated rings. The van der Waals surface area contributed by atoms with Crippen LogP contribution in [0.1, 0.15) is 27.3 Å². The number of rotatable bonds is 10. The van der Waals surface area contributed by atoms with Crippen LogP contribution >= 0.6 is 0 Å². The Hall–Kier alpha value is -5.02. The molecular formula is C33H28FN3O5. The van der Waals surface area contributed by atoms with Crippen LogP contribution in [-0.4, -0.2) is 41.3 Å². The monoisotopic (exact) mass is 565 g/mol. The second-order valence-electron chi connectivity index (χ2n) is 9.76. The Kier molecular flexibility index (Phi) is 7.66. The topological polar surface area (TPSA) is 88.6 Å². The molecule has 8 nitrogen and oxygen atoms in total. The number of nitrogens with zero attached hydrogens (tertiary/aromatic N) is 3. The summed E-state index contributed by atoms with van der Waals surface area (Å²) < 4.78 is 39.1. The Bertz CT molecular complexity index is 1890. The average molecular weight is 566 g/mol. The summed E-state index contributed by atoms with van der Waals surface area (Å²) in [6.07, 6.45) is 1.91. The summed E-state index contributed by atoms with van der Waals surface area (Å²) in [7, 11) is 2.96. The number of esters is 1. The van der Waals surface area contributed by atoms with Crippen LogP contribution in [0.5, 0.6) is 5.88 Å². The van der Waals surface area contributed by atoms with Crippen LogP contribution in [0.3, 0.4) is 0 Å². The molecule has 212 valence electrons. The number of benzene rings is 3. The minimum absolute atomic E-state index is 0.257. The van der Waals surface area contributed by atoms with E-state index < -0.39 is 5.97 Å². The lowest BCUT2D eigenvalue weighted by atomic mass is 10.1. The number of fused-ring (bicyclic) bond motifs is 2. The minimum atomic E-state index is -0.433. The Morgan fingerprint density at radius 1 is 0.952 bits per heavy atom. The third kappa shape index (κ3) is 5.46. The van der Waals surface area contributed by atoms with Crippen molar-refractivity contribution in [3.8, 4) is 17.1 Å². The fraction of sp³-hybridized carbons (Fsp3) is 0.182. The van der Waals surface area contributed by atoms with Crippen molar-refractivity contribution in [2.75, 3.05) is 20.8 Å². The van der Waals surface area contributed by atoms with Gasteiger partial charge in [0.15, 0.2) is 0 Å². The van der Waals surface area contributed by atoms with E-state index >= 15 is 4.39 Å². The summed E-state index contributed by atoms with van der Waals surface area (Å²) in [5.41, 5.74) is 5.29. The van der Waals surface area contributed by atoms with Crippen LogP contribution in [0, 0.1) is 5.82 Å². The van der Waals surface area contributed by atoms with Crippen molar-refractivity contribution < 1.29 is 27.8 Å². The molecule has 0 unspecified atom stereocenters. The molecule has 0 N–H and O–H groups in total. The predicted octanol–water partition coefficient (Wildman–Crippen LogP) is 6.59. The zero-order chi connectivity index (χ0) is 29.1. The van der Waals surface area contributed by atoms with Gasteiger partial charge in [-0.3, -0.25) is 0 Å². The number of para-hydroxylation sites is 1. The standard InChI is InChI=1S/C33H28FN3O5/c1-39-16-14-37-29-18-24(33(38)40-2)11-12-28(29)35-30(37)19-22-9-10-23(17-26(22)34)27-7-4-8-31(36-27)42-20-25-6-3-5-21-13-15-41-32(21)25/h3-13,15,17-18H,14,16,19-20H2,1-2H3. The van der Waals surface area contributed by atoms with Crippen LogP contribution < -0.4 is 4.74 Å². The zero-order valence-corrected chi connectivity index (χ0v) is 23.2. The molecule has 0 saturated heterocycles. The highest BCUT2D eigenvalue weighted by Crippen LogP contribution is 2.27. The van der Waals surface area contributed by atoms with Crippen molar-refractivity contribution in [3.05, 3.63) is 113 Å². The number of pyridine rings is 1. The lowest BCUT2D eigenvalue weighted by Gasteiger charge is -2.11. The van der Waals surface area contributed by atoms with Gasteiger partial charge in [-0.1, -0.05) is 36.4 Å². The largest absolute Gasteiger partial charge is 0.473 e. The van der Waals surface area contributed by atoms with Gasteiger partial charge in [0.25, 0.3) is 0 Å². The summed E-state index contributed by atoms with van der Waals surface area (Å²) in [6.45, 7) is 1.22. The molecule has 0 radical (unpaired) electrons. The van der Waals surface area contributed by atoms with Crippen molar-refractivity contribution in [2.45, 2.75) is 19.6 Å². The highest BCUT2D eigenvalue weighted by Gasteiger charge is 2.17. The Morgan fingerprint density at radius 3 is 2.67 bits per heavy atom. The maximum atomic E-state index is 15.5. The molecule has 3 heterocycles. The van der Waals surface area contributed by atoms with Gasteiger partial charge in [0.05, 0.1) is 42.3 Å². The maximum absolute atomic E-state index is 15.5. The number of imidazole rings is 1. The predicted molar refractivity (Wildman–Crippen MR) is 156 cm³/mol. The van der Waals surface area contributed by atoms with E-state index in [1.54, 1.807) is 43.7 Å². The van der Waals surface area contributed by atoms with Gasteiger partial charge in [0, 0.05) is 42.7 Å². The quantitative estimate of drug-likeness (QED) is 0.173. The first-order valence-electron chi connectivity index (χ1n) is 13.4. The van der Waals surface area contributed by atoms with E-state index in [2.05, 4.69) is 4.98 Å². The Labute approximate surface area is 241 Å². The van der Waals surface area contributed by atoms with Gasteiger partial charge < -0.3 is 23.2 Å². The van der Waals surface area contributed by atoms with Crippen molar-refractivity contribution >= 4 is 28.0 Å². The molecule has 0 aliphatic heterocycles. The van der Waals surface area contributed by atoms with Gasteiger partial charge in [-0.15, -0.1) is 0 Å². The van der Waals surface area contributed by atoms with E-state index in [4.69, 9.17) is 23.6 Å². The first kappa shape index (κ1) is 27.2. The van der Waals surface area contributed by atoms with E-state index in [0.29, 0.717) is 59.4 Å². The van der Waals surface area contributed by atoms with E-state index in [-0.39, 0.29) is 12.2 Å². The van der Waals surface area contributed by atoms with Crippen molar-refractivity contribution in [3.63, 3.8) is 0 Å². The second kappa shape index (κ2) is 11.8. The fourth-order valence-corrected chi connectivity index (χ4v) is 4.98. The van der Waals surface area contributed by atoms with E-state index in [0.717, 1.165) is 22.0 Å². The number of methoxy groups -OCH3 is 2. The molecule has 42 heavy (non-hydrogen) atoms. The lowest BCUT2D eigenvalue weighted by molar-refractivity contribution is 0.0601. The van der Waals surface area contributed by atoms with Gasteiger partial charge in [-0.05, 0) is 42.0 Å². The normalized spacial score (nSPS) is 11.3. The Balaban J connectivity index is 1.23. The molecule has 6 aromatic rings. The molecule has 6 rings (SSSR count). The maximum Gasteiger partial charge on any atom is 0.337 e. The van der Waals surface area contributed by atoms with Crippen LogP contribution in [0.2, 0.25) is 0 Å². The summed E-state index contributed by atoms with van der Waals surface area (Å²) in [5.74, 6) is 0.290. The summed E-state index contributed by atoms with van der Waals surface area (Å²) >= 11 is 0. The third-order valence-corrected chi connectivity index (χ3v) is 7.12. The summed E-state index contributed by atoms with van der Waals surface area (Å²) in [6, 6.07) is 23.5. The smallest absolute Gasteiger partial charge is 0.337 e. The molecule has 3 aromatic heterocycles. The van der Waals surface area contributed by atoms with Gasteiger partial charge >= 0.3 is 5.97 Å². The van der Waals surface area contributed by atoms with Crippen LogP contribution in [-0.2, 0) is 29.0 Å². The summed E-state index contributed by atoms with van der Waals surface area (Å²) in [5, 5.41) is 1.01. The Morgan fingerprint density at radius 2 is 1.83 bits per heavy atom. The van der Waals surface area contributed by atoms with Crippen LogP contribution in [0.15, 0.2) is 89.5 Å². The molecule has 0 atom stereocenters. The molecule has 0 saturated carbocycles. The minimum Gasteiger partial charge on any atom is -0.473 e. The van der Waals surface area contributed by atoms with Crippen molar-refractivity contribution in [1.82, 2.24) is 14.5 Å². The third-order valence-electron chi connectivity index (χ3n) is 7.12. The van der Waals surface area contributed by atoms with Crippen LogP contribution in [0.25, 0.3) is 33.3 Å². The van der Waals surface area contributed by atoms with E-state index in [1.807, 2.05) is 47.0 Å². The molecule has 0 aliphatic rings. The van der Waals surface area contributed by atoms with Gasteiger partial charge in [0.2, 0.25) is 5.88 Å². The van der Waals surface area contributed by atoms with Gasteiger partial charge in [-0.25, -0.2) is 19.2 Å². The number of furan rings is 1. The highest BCUT2D eigenvalue weighted by molar-refractivity contribution is 5.93. The zero-order valence-electron chi connectivity index (χ0n) is 23.2. The van der Waals surface area contributed by atoms with E-state index in [9.17, 15) is 4.79 Å². The molecule has 0 aliphatic carbocycles. The number of hydrogen-bond donors (Lipinski definition) is 0. The first-order valence-corrected chi connectivity index (χ1v) is 13.4. The number of aromatic nitrogens is 3. The summed E-state index contributed by atoms with van der Waals surface area (Å²) in [4.78, 5) is 21.4. The number of carbonyl (C=O) groups excluding carboxylic acids is 1. The van der Waals surface area contributed by atoms with Crippen LogP contribution in [0.4, 0.5) is 4.39 Å². The molecule has 9 heteroatoms. The van der Waals surface area contributed by atoms with E-state index in [1.165, 1.54) is 13.2 Å². The molecule has 0 spiro atoms. The second-order valence-corrected chi connectivity index (χ2v) is 9.76. The lowest BCUT2D eigenvalue weighted by Crippen LogP contribution is -2.10. The fourth-order valence-electron chi connectivity index (χ4n) is 4.98. The van der Waals surface area contributed by atoms with Gasteiger partial charge in [-0.2, -0.15) is 0 Å².